The molecule has 0 bridgehead atoms. The quantitative estimate of drug-likeness (QED) is 0.397. The van der Waals surface area contributed by atoms with Crippen LogP contribution in [0.25, 0.3) is 0 Å². The number of nitroso groups, excluding NO2 is 1. The second kappa shape index (κ2) is 7.59. The molecule has 3 saturated carbocycles. The van der Waals surface area contributed by atoms with E-state index in [-0.39, 0.29) is 22.9 Å². The molecule has 0 aromatic heterocycles. The van der Waals surface area contributed by atoms with E-state index >= 15 is 0 Å². The van der Waals surface area contributed by atoms with E-state index in [1.54, 1.807) is 0 Å². The Labute approximate surface area is 188 Å². The van der Waals surface area contributed by atoms with Crippen LogP contribution in [0.1, 0.15) is 82.5 Å². The van der Waals surface area contributed by atoms with E-state index in [1.165, 1.54) is 38.5 Å². The molecule has 0 amide bonds. The average molecular weight is 447 g/mol. The van der Waals surface area contributed by atoms with Crippen LogP contribution in [-0.2, 0) is 4.74 Å². The van der Waals surface area contributed by atoms with Crippen molar-refractivity contribution in [2.75, 3.05) is 0 Å². The van der Waals surface area contributed by atoms with Crippen molar-refractivity contribution in [2.24, 2.45) is 34.5 Å². The van der Waals surface area contributed by atoms with Gasteiger partial charge in [-0.2, -0.15) is 0 Å². The smallest absolute Gasteiger partial charge is 0.346 e. The fourth-order valence-electron chi connectivity index (χ4n) is 8.44. The lowest BCUT2D eigenvalue weighted by atomic mass is 9.45. The predicted octanol–water partition coefficient (Wildman–Crippen LogP) is 6.27. The number of benzene rings is 1. The number of rotatable bonds is 2. The number of carbonyl (C=O) groups excluding carboxylic acids is 1. The van der Waals surface area contributed by atoms with Crippen molar-refractivity contribution in [3.8, 4) is 0 Å². The number of nitrogens with zero attached hydrogens (tertiary/aromatic N) is 1. The van der Waals surface area contributed by atoms with Gasteiger partial charge in [0.15, 0.2) is 0 Å². The first kappa shape index (κ1) is 22.0. The van der Waals surface area contributed by atoms with Crippen LogP contribution in [0.3, 0.4) is 0 Å². The van der Waals surface area contributed by atoms with E-state index in [0.29, 0.717) is 29.7 Å². The summed E-state index contributed by atoms with van der Waals surface area (Å²) < 4.78 is 33.7. The van der Waals surface area contributed by atoms with E-state index in [1.807, 2.05) is 6.92 Å². The number of hydrogen-bond donors (Lipinski definition) is 0. The summed E-state index contributed by atoms with van der Waals surface area (Å²) in [5.41, 5.74) is 0.185. The van der Waals surface area contributed by atoms with E-state index < -0.39 is 23.8 Å². The molecule has 4 fully saturated rings. The molecule has 32 heavy (non-hydrogen) atoms. The van der Waals surface area contributed by atoms with Crippen LogP contribution in [0.15, 0.2) is 18.2 Å². The average Bonchev–Trinajstić information content (AvgIpc) is 3.13. The Balaban J connectivity index is 1.40. The highest BCUT2D eigenvalue weighted by atomic mass is 19.1. The first-order chi connectivity index (χ1) is 15.1. The SMILES string of the molecule is CC1C2CC[C@H]3[C@@H]4CCC[C@@]4(C)CC[C@@H]3[C@@]2(C)CC(OC(=O)c2cc(F)cc(F)c2)[N+]1=O. The minimum atomic E-state index is -0.930. The van der Waals surface area contributed by atoms with Crippen molar-refractivity contribution in [3.05, 3.63) is 40.3 Å². The van der Waals surface area contributed by atoms with Crippen molar-refractivity contribution in [1.29, 1.82) is 0 Å². The largest absolute Gasteiger partial charge is 0.395 e. The summed E-state index contributed by atoms with van der Waals surface area (Å²) in [5, 5.41) is 0. The summed E-state index contributed by atoms with van der Waals surface area (Å²) in [5.74, 6) is -0.279. The molecule has 1 aliphatic heterocycles. The second-order valence-electron chi connectivity index (χ2n) is 11.5. The van der Waals surface area contributed by atoms with Gasteiger partial charge in [-0.05, 0) is 79.2 Å². The Morgan fingerprint density at radius 2 is 1.72 bits per heavy atom. The number of halogens is 2. The van der Waals surface area contributed by atoms with Crippen molar-refractivity contribution < 1.29 is 23.1 Å². The molecule has 174 valence electrons. The monoisotopic (exact) mass is 446 g/mol. The van der Waals surface area contributed by atoms with E-state index in [4.69, 9.17) is 4.74 Å². The van der Waals surface area contributed by atoms with Crippen molar-refractivity contribution in [1.82, 2.24) is 0 Å². The maximum absolute atomic E-state index is 13.6. The number of carbonyl (C=O) groups is 1. The Morgan fingerprint density at radius 1 is 1.00 bits per heavy atom. The maximum Gasteiger partial charge on any atom is 0.346 e. The molecule has 3 unspecified atom stereocenters. The second-order valence-corrected chi connectivity index (χ2v) is 11.5. The first-order valence-corrected chi connectivity index (χ1v) is 12.2. The molecular weight excluding hydrogens is 412 g/mol. The first-order valence-electron chi connectivity index (χ1n) is 12.2. The lowest BCUT2D eigenvalue weighted by Crippen LogP contribution is -2.60. The van der Waals surface area contributed by atoms with Crippen LogP contribution in [-0.4, -0.2) is 23.0 Å². The summed E-state index contributed by atoms with van der Waals surface area (Å²) in [6.07, 6.45) is 8.16. The molecule has 4 nitrogen and oxygen atoms in total. The van der Waals surface area contributed by atoms with Crippen LogP contribution in [0.5, 0.6) is 0 Å². The van der Waals surface area contributed by atoms with Gasteiger partial charge < -0.3 is 4.74 Å². The minimum absolute atomic E-state index is 0.0781. The number of esters is 1. The van der Waals surface area contributed by atoms with Gasteiger partial charge in [-0.1, -0.05) is 20.3 Å². The lowest BCUT2D eigenvalue weighted by molar-refractivity contribution is -0.679. The fraction of sp³-hybridized carbons (Fsp3) is 0.731. The molecular formula is C26H34F2NO3+. The highest BCUT2D eigenvalue weighted by Crippen LogP contribution is 2.66. The molecule has 0 spiro atoms. The van der Waals surface area contributed by atoms with Gasteiger partial charge in [0, 0.05) is 28.6 Å². The van der Waals surface area contributed by atoms with Gasteiger partial charge in [-0.25, -0.2) is 13.6 Å². The van der Waals surface area contributed by atoms with Gasteiger partial charge in [-0.15, -0.1) is 0 Å². The van der Waals surface area contributed by atoms with Gasteiger partial charge in [0.05, 0.1) is 12.0 Å². The maximum atomic E-state index is 13.6. The van der Waals surface area contributed by atoms with Gasteiger partial charge in [0.1, 0.15) is 11.6 Å². The van der Waals surface area contributed by atoms with E-state index in [0.717, 1.165) is 29.2 Å². The molecule has 8 atom stereocenters. The van der Waals surface area contributed by atoms with Gasteiger partial charge in [0.25, 0.3) is 0 Å². The molecule has 6 heteroatoms. The van der Waals surface area contributed by atoms with Crippen LogP contribution < -0.4 is 0 Å². The van der Waals surface area contributed by atoms with Gasteiger partial charge in [0.2, 0.25) is 6.04 Å². The summed E-state index contributed by atoms with van der Waals surface area (Å²) in [6.45, 7) is 6.72. The Kier molecular flexibility index (Phi) is 5.21. The normalized spacial score (nSPS) is 43.2. The van der Waals surface area contributed by atoms with E-state index in [9.17, 15) is 18.5 Å². The van der Waals surface area contributed by atoms with Crippen LogP contribution in [0.4, 0.5) is 8.78 Å². The molecule has 1 aromatic carbocycles. The predicted molar refractivity (Wildman–Crippen MR) is 116 cm³/mol. The molecule has 3 aliphatic carbocycles. The number of hydrogen-bond acceptors (Lipinski definition) is 3. The topological polar surface area (TPSA) is 46.4 Å². The summed E-state index contributed by atoms with van der Waals surface area (Å²) >= 11 is 0. The highest BCUT2D eigenvalue weighted by Gasteiger charge is 2.64. The molecule has 5 rings (SSSR count). The number of piperidine rings is 1. The highest BCUT2D eigenvalue weighted by molar-refractivity contribution is 5.89. The fourth-order valence-corrected chi connectivity index (χ4v) is 8.44. The molecule has 1 heterocycles. The Hall–Kier alpha value is -1.85. The molecule has 0 radical (unpaired) electrons. The third kappa shape index (κ3) is 3.31. The third-order valence-electron chi connectivity index (χ3n) is 9.95. The zero-order valence-corrected chi connectivity index (χ0v) is 19.3. The van der Waals surface area contributed by atoms with Gasteiger partial charge in [-0.3, -0.25) is 0 Å². The molecule has 1 aromatic rings. The molecule has 4 aliphatic rings. The number of ether oxygens (including phenoxy) is 1. The Bertz CT molecular complexity index is 931. The van der Waals surface area contributed by atoms with E-state index in [2.05, 4.69) is 13.8 Å². The van der Waals surface area contributed by atoms with Crippen LogP contribution in [0, 0.1) is 51.0 Å². The molecule has 1 saturated heterocycles. The van der Waals surface area contributed by atoms with Crippen molar-refractivity contribution >= 4 is 5.97 Å². The minimum Gasteiger partial charge on any atom is -0.395 e. The Morgan fingerprint density at radius 3 is 2.44 bits per heavy atom. The third-order valence-corrected chi connectivity index (χ3v) is 9.95. The zero-order chi connectivity index (χ0) is 22.8. The van der Waals surface area contributed by atoms with Crippen LogP contribution >= 0.6 is 0 Å². The summed E-state index contributed by atoms with van der Waals surface area (Å²) in [7, 11) is 0. The lowest BCUT2D eigenvalue weighted by Gasteiger charge is -2.59. The number of fused-ring (bicyclic) bond motifs is 5. The summed E-state index contributed by atoms with van der Waals surface area (Å²) in [6, 6.07) is 2.37. The standard InChI is InChI=1S/C26H34F2NO3/c1-15-20-7-6-19-21-5-4-9-25(21,2)10-8-22(19)26(20,3)14-23(29(15)31)32-24(30)16-11-17(27)13-18(28)12-16/h11-13,15,19-23H,4-10,14H2,1-3H3/q+1/t15?,19-,20?,21-,22-,23?,25-,26-/m0/s1. The molecule has 0 N–H and O–H groups in total. The van der Waals surface area contributed by atoms with Gasteiger partial charge >= 0.3 is 12.2 Å². The van der Waals surface area contributed by atoms with Crippen molar-refractivity contribution in [2.45, 2.75) is 84.4 Å². The summed E-state index contributed by atoms with van der Waals surface area (Å²) in [4.78, 5) is 25.8. The zero-order valence-electron chi connectivity index (χ0n) is 19.3. The van der Waals surface area contributed by atoms with Crippen LogP contribution in [0.2, 0.25) is 0 Å². The van der Waals surface area contributed by atoms with Crippen molar-refractivity contribution in [3.63, 3.8) is 0 Å².